The Bertz CT molecular complexity index is 189. The average molecular weight is 200 g/mol. The fraction of sp³-hybridized carbons (Fsp3) is 0.700. The molecule has 1 unspecified atom stereocenters. The summed E-state index contributed by atoms with van der Waals surface area (Å²) in [6.07, 6.45) is 7.38. The second-order valence-electron chi connectivity index (χ2n) is 2.96. The lowest BCUT2D eigenvalue weighted by atomic mass is 10.2. The first-order valence-electron chi connectivity index (χ1n) is 4.78. The summed E-state index contributed by atoms with van der Waals surface area (Å²) >= 11 is 1.72. The van der Waals surface area contributed by atoms with Crippen LogP contribution in [0.15, 0.2) is 12.2 Å². The molecule has 0 aliphatic carbocycles. The Morgan fingerprint density at radius 1 is 1.62 bits per heavy atom. The summed E-state index contributed by atoms with van der Waals surface area (Å²) in [7, 11) is 0. The summed E-state index contributed by atoms with van der Waals surface area (Å²) < 4.78 is 4.98. The lowest BCUT2D eigenvalue weighted by molar-refractivity contribution is -0.142. The van der Waals surface area contributed by atoms with Crippen LogP contribution >= 0.6 is 11.8 Å². The van der Waals surface area contributed by atoms with Gasteiger partial charge in [0.1, 0.15) is 5.25 Å². The standard InChI is InChI=1S/C10H16O2S/c1-2-12-10(11)9-7-5-3-4-6-8-13-9/h3,5,9H,2,4,6-8H2,1H3/b5-3-. The third kappa shape index (κ3) is 3.85. The predicted molar refractivity (Wildman–Crippen MR) is 55.9 cm³/mol. The van der Waals surface area contributed by atoms with Crippen molar-refractivity contribution in [2.24, 2.45) is 0 Å². The van der Waals surface area contributed by atoms with Gasteiger partial charge in [0, 0.05) is 0 Å². The molecule has 0 fully saturated rings. The minimum Gasteiger partial charge on any atom is -0.465 e. The van der Waals surface area contributed by atoms with E-state index in [2.05, 4.69) is 12.2 Å². The zero-order valence-corrected chi connectivity index (χ0v) is 8.81. The molecule has 1 aliphatic rings. The van der Waals surface area contributed by atoms with Crippen LogP contribution in [-0.2, 0) is 9.53 Å². The van der Waals surface area contributed by atoms with Crippen molar-refractivity contribution in [2.75, 3.05) is 12.4 Å². The molecule has 0 aromatic carbocycles. The van der Waals surface area contributed by atoms with Gasteiger partial charge in [0.2, 0.25) is 0 Å². The van der Waals surface area contributed by atoms with Gasteiger partial charge in [-0.3, -0.25) is 4.79 Å². The second kappa shape index (κ2) is 6.08. The molecule has 1 heterocycles. The third-order valence-corrected chi connectivity index (χ3v) is 3.21. The molecule has 1 rings (SSSR count). The highest BCUT2D eigenvalue weighted by Crippen LogP contribution is 2.21. The van der Waals surface area contributed by atoms with E-state index in [0.29, 0.717) is 6.61 Å². The van der Waals surface area contributed by atoms with E-state index < -0.39 is 0 Å². The lowest BCUT2D eigenvalue weighted by Gasteiger charge is -2.14. The molecular formula is C10H16O2S. The Balaban J connectivity index is 2.41. The van der Waals surface area contributed by atoms with Gasteiger partial charge >= 0.3 is 5.97 Å². The van der Waals surface area contributed by atoms with Gasteiger partial charge in [0.05, 0.1) is 6.61 Å². The quantitative estimate of drug-likeness (QED) is 0.506. The third-order valence-electron chi connectivity index (χ3n) is 1.90. The Morgan fingerprint density at radius 3 is 3.23 bits per heavy atom. The molecule has 0 aromatic rings. The van der Waals surface area contributed by atoms with Crippen molar-refractivity contribution >= 4 is 17.7 Å². The second-order valence-corrected chi connectivity index (χ2v) is 4.27. The van der Waals surface area contributed by atoms with E-state index in [0.717, 1.165) is 25.0 Å². The first kappa shape index (κ1) is 10.6. The van der Waals surface area contributed by atoms with Crippen molar-refractivity contribution < 1.29 is 9.53 Å². The van der Waals surface area contributed by atoms with Crippen LogP contribution in [0.3, 0.4) is 0 Å². The number of carbonyl (C=O) groups excluding carboxylic acids is 1. The van der Waals surface area contributed by atoms with Crippen molar-refractivity contribution in [3.05, 3.63) is 12.2 Å². The van der Waals surface area contributed by atoms with Crippen molar-refractivity contribution in [2.45, 2.75) is 31.4 Å². The van der Waals surface area contributed by atoms with E-state index in [1.165, 1.54) is 0 Å². The molecule has 0 N–H and O–H groups in total. The van der Waals surface area contributed by atoms with E-state index in [1.54, 1.807) is 11.8 Å². The minimum atomic E-state index is -0.0564. The van der Waals surface area contributed by atoms with E-state index in [1.807, 2.05) is 6.92 Å². The number of ether oxygens (including phenoxy) is 1. The maximum Gasteiger partial charge on any atom is 0.319 e. The highest BCUT2D eigenvalue weighted by atomic mass is 32.2. The Hall–Kier alpha value is -0.440. The number of esters is 1. The van der Waals surface area contributed by atoms with Gasteiger partial charge in [-0.05, 0) is 31.9 Å². The van der Waals surface area contributed by atoms with Gasteiger partial charge < -0.3 is 4.74 Å². The molecule has 0 spiro atoms. The molecule has 0 saturated heterocycles. The number of thioether (sulfide) groups is 1. The molecule has 0 amide bonds. The maximum atomic E-state index is 11.4. The fourth-order valence-corrected chi connectivity index (χ4v) is 2.30. The molecule has 2 nitrogen and oxygen atoms in total. The molecule has 13 heavy (non-hydrogen) atoms. The summed E-state index contributed by atoms with van der Waals surface area (Å²) in [4.78, 5) is 11.4. The van der Waals surface area contributed by atoms with E-state index in [4.69, 9.17) is 4.74 Å². The number of hydrogen-bond acceptors (Lipinski definition) is 3. The van der Waals surface area contributed by atoms with Gasteiger partial charge in [0.25, 0.3) is 0 Å². The van der Waals surface area contributed by atoms with Gasteiger partial charge in [0.15, 0.2) is 0 Å². The summed E-state index contributed by atoms with van der Waals surface area (Å²) in [5, 5.41) is 0.0245. The number of carbonyl (C=O) groups is 1. The summed E-state index contributed by atoms with van der Waals surface area (Å²) in [5.41, 5.74) is 0. The molecule has 1 atom stereocenters. The molecule has 0 aromatic heterocycles. The van der Waals surface area contributed by atoms with Gasteiger partial charge in [-0.15, -0.1) is 11.8 Å². The highest BCUT2D eigenvalue weighted by Gasteiger charge is 2.18. The molecule has 1 aliphatic heterocycles. The van der Waals surface area contributed by atoms with Crippen LogP contribution in [0.25, 0.3) is 0 Å². The molecule has 0 radical (unpaired) electrons. The normalized spacial score (nSPS) is 25.8. The van der Waals surface area contributed by atoms with E-state index in [-0.39, 0.29) is 11.2 Å². The zero-order chi connectivity index (χ0) is 9.52. The highest BCUT2D eigenvalue weighted by molar-refractivity contribution is 8.00. The Kier molecular flexibility index (Phi) is 4.98. The van der Waals surface area contributed by atoms with Crippen molar-refractivity contribution in [3.8, 4) is 0 Å². The van der Waals surface area contributed by atoms with E-state index in [9.17, 15) is 4.79 Å². The van der Waals surface area contributed by atoms with Crippen LogP contribution in [0, 0.1) is 0 Å². The number of hydrogen-bond donors (Lipinski definition) is 0. The molecule has 3 heteroatoms. The largest absolute Gasteiger partial charge is 0.465 e. The van der Waals surface area contributed by atoms with Crippen molar-refractivity contribution in [1.29, 1.82) is 0 Å². The zero-order valence-electron chi connectivity index (χ0n) is 7.99. The molecule has 0 bridgehead atoms. The first-order chi connectivity index (χ1) is 6.34. The Labute approximate surface area is 83.7 Å². The lowest BCUT2D eigenvalue weighted by Crippen LogP contribution is -2.20. The fourth-order valence-electron chi connectivity index (χ4n) is 1.23. The van der Waals surface area contributed by atoms with E-state index >= 15 is 0 Å². The molecule has 74 valence electrons. The van der Waals surface area contributed by atoms with Crippen LogP contribution in [0.1, 0.15) is 26.2 Å². The maximum absolute atomic E-state index is 11.4. The van der Waals surface area contributed by atoms with Gasteiger partial charge in [-0.1, -0.05) is 12.2 Å². The van der Waals surface area contributed by atoms with Crippen molar-refractivity contribution in [3.63, 3.8) is 0 Å². The van der Waals surface area contributed by atoms with Crippen LogP contribution in [0.2, 0.25) is 0 Å². The molecular weight excluding hydrogens is 184 g/mol. The van der Waals surface area contributed by atoms with Crippen LogP contribution < -0.4 is 0 Å². The van der Waals surface area contributed by atoms with Gasteiger partial charge in [-0.25, -0.2) is 0 Å². The predicted octanol–water partition coefficient (Wildman–Crippen LogP) is 2.39. The summed E-state index contributed by atoms with van der Waals surface area (Å²) in [6.45, 7) is 2.33. The Morgan fingerprint density at radius 2 is 2.46 bits per heavy atom. The van der Waals surface area contributed by atoms with Crippen LogP contribution in [-0.4, -0.2) is 23.6 Å². The average Bonchev–Trinajstić information content (AvgIpc) is 2.03. The topological polar surface area (TPSA) is 26.3 Å². The first-order valence-corrected chi connectivity index (χ1v) is 5.82. The number of allylic oxidation sites excluding steroid dienone is 2. The summed E-state index contributed by atoms with van der Waals surface area (Å²) in [6, 6.07) is 0. The minimum absolute atomic E-state index is 0.0245. The summed E-state index contributed by atoms with van der Waals surface area (Å²) in [5.74, 6) is 1.01. The monoisotopic (exact) mass is 200 g/mol. The smallest absolute Gasteiger partial charge is 0.319 e. The van der Waals surface area contributed by atoms with Gasteiger partial charge in [-0.2, -0.15) is 0 Å². The molecule has 0 saturated carbocycles. The van der Waals surface area contributed by atoms with Crippen molar-refractivity contribution in [1.82, 2.24) is 0 Å². The SMILES string of the molecule is CCOC(=O)C1C/C=C\CCCS1. The number of rotatable bonds is 2. The van der Waals surface area contributed by atoms with Crippen LogP contribution in [0.5, 0.6) is 0 Å². The van der Waals surface area contributed by atoms with Crippen LogP contribution in [0.4, 0.5) is 0 Å².